The van der Waals surface area contributed by atoms with Crippen LogP contribution in [0, 0.1) is 0 Å². The van der Waals surface area contributed by atoms with E-state index in [0.717, 1.165) is 6.92 Å². The molecule has 0 aliphatic carbocycles. The molecule has 0 saturated heterocycles. The van der Waals surface area contributed by atoms with Gasteiger partial charge in [0.1, 0.15) is 0 Å². The third-order valence-electron chi connectivity index (χ3n) is 0. The number of rotatable bonds is 0. The third-order valence-corrected chi connectivity index (χ3v) is 0. The van der Waals surface area contributed by atoms with Crippen molar-refractivity contribution in [3.8, 4) is 0 Å². The summed E-state index contributed by atoms with van der Waals surface area (Å²) in [6.07, 6.45) is 0. The Morgan fingerprint density at radius 2 is 1.71 bits per heavy atom. The van der Waals surface area contributed by atoms with Crippen LogP contribution in [0.4, 0.5) is 0 Å². The molecular weight excluding hydrogens is 135 g/mol. The number of hydrogen-bond acceptors (Lipinski definition) is 1. The van der Waals surface area contributed by atoms with E-state index in [1.807, 2.05) is 0 Å². The van der Waals surface area contributed by atoms with E-state index >= 15 is 0 Å². The van der Waals surface area contributed by atoms with Crippen molar-refractivity contribution in [1.29, 1.82) is 0 Å². The molecule has 0 heterocycles. The van der Waals surface area contributed by atoms with Crippen molar-refractivity contribution in [2.75, 3.05) is 0 Å². The Morgan fingerprint density at radius 1 is 1.71 bits per heavy atom. The van der Waals surface area contributed by atoms with Gasteiger partial charge in [-0.15, -0.1) is 0 Å². The van der Waals surface area contributed by atoms with Crippen LogP contribution in [-0.4, -0.2) is 54.3 Å². The molecule has 0 bridgehead atoms. The topological polar surface area (TPSA) is 68.8 Å². The number of hydrogen-bond donors (Lipinski definition) is 1. The summed E-state index contributed by atoms with van der Waals surface area (Å²) < 4.78 is 0. The van der Waals surface area contributed by atoms with Gasteiger partial charge in [0.25, 0.3) is 5.97 Å². The minimum absolute atomic E-state index is 0. The Labute approximate surface area is 98.5 Å². The van der Waals surface area contributed by atoms with Gasteiger partial charge in [-0.2, -0.15) is 0 Å². The summed E-state index contributed by atoms with van der Waals surface area (Å²) in [5.74, 6) is -0.833. The van der Waals surface area contributed by atoms with Crippen molar-refractivity contribution in [2.24, 2.45) is 0 Å². The Bertz CT molecular complexity index is 44.7. The van der Waals surface area contributed by atoms with Gasteiger partial charge in [-0.25, -0.2) is 0 Å². The molecule has 0 unspecified atom stereocenters. The number of carbonyl (C=O) groups is 1. The standard InChI is InChI=1S/C2H4O2.Ca.Na.H2O.3H/c1-2(3)4;;;;;;/h1H3,(H,3,4);;;1H2;;;/q;+2;+1;;3*-1. The molecule has 0 fully saturated rings. The zero-order valence-electron chi connectivity index (χ0n) is 7.56. The first-order valence-corrected chi connectivity index (χ1v) is 0.928. The SMILES string of the molecule is CC(=O)O.O.[Ca+2].[H-].[H-].[H-].[Na+]. The maximum atomic E-state index is 9.00. The van der Waals surface area contributed by atoms with Crippen molar-refractivity contribution in [1.82, 2.24) is 0 Å². The monoisotopic (exact) mass is 144 g/mol. The van der Waals surface area contributed by atoms with Gasteiger partial charge in [-0.05, 0) is 0 Å². The molecule has 0 radical (unpaired) electrons. The van der Waals surface area contributed by atoms with Crippen LogP contribution in [0.25, 0.3) is 0 Å². The van der Waals surface area contributed by atoms with Crippen LogP contribution in [0.5, 0.6) is 0 Å². The normalized spacial score (nSPS) is 3.57. The number of aliphatic carboxylic acids is 1. The van der Waals surface area contributed by atoms with E-state index in [-0.39, 0.29) is 77.1 Å². The Morgan fingerprint density at radius 3 is 1.71 bits per heavy atom. The summed E-state index contributed by atoms with van der Waals surface area (Å²) in [6.45, 7) is 1.08. The molecule has 3 N–H and O–H groups in total. The van der Waals surface area contributed by atoms with Gasteiger partial charge >= 0.3 is 67.3 Å². The van der Waals surface area contributed by atoms with Gasteiger partial charge in [-0.1, -0.05) is 0 Å². The summed E-state index contributed by atoms with van der Waals surface area (Å²) in [4.78, 5) is 9.00. The van der Waals surface area contributed by atoms with Crippen LogP contribution >= 0.6 is 0 Å². The van der Waals surface area contributed by atoms with E-state index in [1.165, 1.54) is 0 Å². The van der Waals surface area contributed by atoms with Crippen LogP contribution in [-0.2, 0) is 4.79 Å². The molecule has 5 heteroatoms. The average Bonchev–Trinajstić information content (AvgIpc) is 0.811. The summed E-state index contributed by atoms with van der Waals surface area (Å²) in [7, 11) is 0. The van der Waals surface area contributed by atoms with Gasteiger partial charge in [0.05, 0.1) is 0 Å². The van der Waals surface area contributed by atoms with Gasteiger partial charge in [-0.3, -0.25) is 4.79 Å². The number of carboxylic acid groups (broad SMARTS) is 1. The molecule has 0 aliphatic heterocycles. The zero-order chi connectivity index (χ0) is 3.58. The average molecular weight is 144 g/mol. The summed E-state index contributed by atoms with van der Waals surface area (Å²) in [5, 5.41) is 7.42. The molecule has 38 valence electrons. The first-order chi connectivity index (χ1) is 1.73. The van der Waals surface area contributed by atoms with Crippen molar-refractivity contribution in [2.45, 2.75) is 6.92 Å². The molecule has 0 spiro atoms. The maximum absolute atomic E-state index is 9.00. The fourth-order valence-corrected chi connectivity index (χ4v) is 0. The van der Waals surface area contributed by atoms with Gasteiger partial charge in [0.15, 0.2) is 0 Å². The molecule has 0 aromatic carbocycles. The fourth-order valence-electron chi connectivity index (χ4n) is 0. The molecule has 0 atom stereocenters. The zero-order valence-corrected chi connectivity index (χ0v) is 8.77. The smallest absolute Gasteiger partial charge is 1.00 e. The Kier molecular flexibility index (Phi) is 52.2. The quantitative estimate of drug-likeness (QED) is 0.354. The first kappa shape index (κ1) is 23.4. The molecule has 0 saturated carbocycles. The second-order valence-corrected chi connectivity index (χ2v) is 0.519. The van der Waals surface area contributed by atoms with E-state index in [0.29, 0.717) is 0 Å². The third kappa shape index (κ3) is 87.2. The van der Waals surface area contributed by atoms with E-state index in [2.05, 4.69) is 0 Å². The Hall–Kier alpha value is 1.69. The molecule has 0 rings (SSSR count). The number of carboxylic acids is 1. The van der Waals surface area contributed by atoms with E-state index in [4.69, 9.17) is 9.90 Å². The van der Waals surface area contributed by atoms with Crippen molar-refractivity contribution in [3.63, 3.8) is 0 Å². The van der Waals surface area contributed by atoms with Crippen LogP contribution in [0.2, 0.25) is 0 Å². The van der Waals surface area contributed by atoms with E-state index < -0.39 is 5.97 Å². The summed E-state index contributed by atoms with van der Waals surface area (Å²) >= 11 is 0. The molecular formula is C2H9CaNaO3. The van der Waals surface area contributed by atoms with Gasteiger partial charge < -0.3 is 14.9 Å². The summed E-state index contributed by atoms with van der Waals surface area (Å²) in [6, 6.07) is 0. The van der Waals surface area contributed by atoms with Crippen molar-refractivity contribution >= 4 is 43.7 Å². The fraction of sp³-hybridized carbons (Fsp3) is 0.500. The molecule has 0 amide bonds. The predicted molar refractivity (Wildman–Crippen MR) is 26.0 cm³/mol. The largest absolute Gasteiger partial charge is 2.00 e. The van der Waals surface area contributed by atoms with Crippen LogP contribution in [0.15, 0.2) is 0 Å². The van der Waals surface area contributed by atoms with Crippen LogP contribution in [0.1, 0.15) is 11.2 Å². The molecule has 0 aromatic rings. The molecule has 3 nitrogen and oxygen atoms in total. The minimum Gasteiger partial charge on any atom is -1.00 e. The van der Waals surface area contributed by atoms with E-state index in [9.17, 15) is 0 Å². The van der Waals surface area contributed by atoms with Gasteiger partial charge in [0.2, 0.25) is 0 Å². The maximum Gasteiger partial charge on any atom is 2.00 e. The second-order valence-electron chi connectivity index (χ2n) is 0.519. The Balaban J connectivity index is -0.00000000300. The van der Waals surface area contributed by atoms with Crippen LogP contribution < -0.4 is 29.6 Å². The molecule has 0 aromatic heterocycles. The minimum atomic E-state index is -0.833. The molecule has 7 heavy (non-hydrogen) atoms. The van der Waals surface area contributed by atoms with E-state index in [1.54, 1.807) is 0 Å². The van der Waals surface area contributed by atoms with Crippen molar-refractivity contribution < 1.29 is 49.2 Å². The molecule has 0 aliphatic rings. The van der Waals surface area contributed by atoms with Crippen LogP contribution in [0.3, 0.4) is 0 Å². The van der Waals surface area contributed by atoms with Crippen molar-refractivity contribution in [3.05, 3.63) is 0 Å². The predicted octanol–water partition coefficient (Wildman–Crippen LogP) is -3.77. The second kappa shape index (κ2) is 15.6. The van der Waals surface area contributed by atoms with Gasteiger partial charge in [0, 0.05) is 6.92 Å². The summed E-state index contributed by atoms with van der Waals surface area (Å²) in [5.41, 5.74) is 0. The first-order valence-electron chi connectivity index (χ1n) is 0.928.